The molecule has 2 fully saturated rings. The summed E-state index contributed by atoms with van der Waals surface area (Å²) in [7, 11) is 0. The summed E-state index contributed by atoms with van der Waals surface area (Å²) in [6.45, 7) is 3.83. The van der Waals surface area contributed by atoms with E-state index in [1.807, 2.05) is 0 Å². The van der Waals surface area contributed by atoms with Crippen LogP contribution in [0.5, 0.6) is 0 Å². The van der Waals surface area contributed by atoms with Crippen molar-refractivity contribution >= 4 is 0 Å². The number of ether oxygens (including phenoxy) is 1. The molecular formula is C17H25NO. The van der Waals surface area contributed by atoms with E-state index in [9.17, 15) is 0 Å². The van der Waals surface area contributed by atoms with Crippen molar-refractivity contribution in [3.63, 3.8) is 0 Å². The molecule has 0 bridgehead atoms. The van der Waals surface area contributed by atoms with Crippen molar-refractivity contribution < 1.29 is 4.74 Å². The minimum absolute atomic E-state index is 0.332. The third-order valence-corrected chi connectivity index (χ3v) is 4.49. The van der Waals surface area contributed by atoms with Gasteiger partial charge in [0.2, 0.25) is 0 Å². The van der Waals surface area contributed by atoms with E-state index in [2.05, 4.69) is 35.2 Å². The van der Waals surface area contributed by atoms with Crippen molar-refractivity contribution in [2.45, 2.75) is 50.7 Å². The summed E-state index contributed by atoms with van der Waals surface area (Å²) in [4.78, 5) is 2.59. The number of nitrogens with zero attached hydrogens (tertiary/aromatic N) is 1. The monoisotopic (exact) mass is 259 g/mol. The van der Waals surface area contributed by atoms with Crippen LogP contribution < -0.4 is 0 Å². The first kappa shape index (κ1) is 13.1. The van der Waals surface area contributed by atoms with E-state index >= 15 is 0 Å². The molecule has 2 aliphatic rings. The highest BCUT2D eigenvalue weighted by atomic mass is 16.5. The summed E-state index contributed by atoms with van der Waals surface area (Å²) in [5, 5.41) is 0. The Hall–Kier alpha value is -0.860. The summed E-state index contributed by atoms with van der Waals surface area (Å²) < 4.78 is 6.31. The highest BCUT2D eigenvalue weighted by Gasteiger charge is 2.24. The van der Waals surface area contributed by atoms with Gasteiger partial charge in [-0.05, 0) is 57.2 Å². The molecule has 0 amide bonds. The quantitative estimate of drug-likeness (QED) is 0.816. The fourth-order valence-corrected chi connectivity index (χ4v) is 3.36. The van der Waals surface area contributed by atoms with Crippen LogP contribution in [0.1, 0.15) is 50.2 Å². The SMILES string of the molecule is c1ccc([C@H]2CCC[C@@H](CCN3CCCC3)O2)cc1. The van der Waals surface area contributed by atoms with E-state index in [1.54, 1.807) is 0 Å². The van der Waals surface area contributed by atoms with Crippen molar-refractivity contribution in [1.82, 2.24) is 4.90 Å². The number of hydrogen-bond acceptors (Lipinski definition) is 2. The van der Waals surface area contributed by atoms with Crippen LogP contribution in [0.25, 0.3) is 0 Å². The van der Waals surface area contributed by atoms with Gasteiger partial charge in [-0.25, -0.2) is 0 Å². The summed E-state index contributed by atoms with van der Waals surface area (Å²) in [6.07, 6.45) is 8.53. The molecule has 2 atom stereocenters. The maximum absolute atomic E-state index is 6.31. The fourth-order valence-electron chi connectivity index (χ4n) is 3.36. The molecule has 2 heteroatoms. The first-order valence-electron chi connectivity index (χ1n) is 7.84. The van der Waals surface area contributed by atoms with Gasteiger partial charge in [0.15, 0.2) is 0 Å². The van der Waals surface area contributed by atoms with E-state index in [0.717, 1.165) is 0 Å². The Morgan fingerprint density at radius 1 is 1.00 bits per heavy atom. The van der Waals surface area contributed by atoms with E-state index in [1.165, 1.54) is 63.7 Å². The zero-order valence-corrected chi connectivity index (χ0v) is 11.8. The molecule has 0 radical (unpaired) electrons. The highest BCUT2D eigenvalue weighted by Crippen LogP contribution is 2.32. The molecule has 0 N–H and O–H groups in total. The second kappa shape index (κ2) is 6.53. The van der Waals surface area contributed by atoms with Crippen molar-refractivity contribution in [1.29, 1.82) is 0 Å². The van der Waals surface area contributed by atoms with Gasteiger partial charge in [-0.15, -0.1) is 0 Å². The second-order valence-electron chi connectivity index (χ2n) is 5.93. The lowest BCUT2D eigenvalue weighted by molar-refractivity contribution is -0.0574. The molecule has 2 nitrogen and oxygen atoms in total. The smallest absolute Gasteiger partial charge is 0.0828 e. The molecular weight excluding hydrogens is 234 g/mol. The van der Waals surface area contributed by atoms with E-state index in [0.29, 0.717) is 12.2 Å². The van der Waals surface area contributed by atoms with Crippen molar-refractivity contribution in [3.8, 4) is 0 Å². The number of rotatable bonds is 4. The lowest BCUT2D eigenvalue weighted by atomic mass is 9.97. The van der Waals surface area contributed by atoms with E-state index < -0.39 is 0 Å². The van der Waals surface area contributed by atoms with Crippen LogP contribution in [-0.4, -0.2) is 30.6 Å². The molecule has 0 saturated carbocycles. The van der Waals surface area contributed by atoms with Crippen LogP contribution in [0.3, 0.4) is 0 Å². The zero-order valence-electron chi connectivity index (χ0n) is 11.8. The Morgan fingerprint density at radius 2 is 1.79 bits per heavy atom. The predicted molar refractivity (Wildman–Crippen MR) is 78.2 cm³/mol. The molecule has 0 aromatic heterocycles. The standard InChI is InChI=1S/C17H25NO/c1-2-7-15(8-3-1)17-10-6-9-16(19-17)11-14-18-12-4-5-13-18/h1-3,7-8,16-17H,4-6,9-14H2/t16-,17+/m0/s1. The van der Waals surface area contributed by atoms with Crippen LogP contribution >= 0.6 is 0 Å². The van der Waals surface area contributed by atoms with Crippen LogP contribution in [0.4, 0.5) is 0 Å². The molecule has 0 spiro atoms. The minimum Gasteiger partial charge on any atom is -0.370 e. The third kappa shape index (κ3) is 3.58. The molecule has 104 valence electrons. The van der Waals surface area contributed by atoms with Gasteiger partial charge < -0.3 is 9.64 Å². The van der Waals surface area contributed by atoms with Gasteiger partial charge >= 0.3 is 0 Å². The van der Waals surface area contributed by atoms with Gasteiger partial charge in [-0.1, -0.05) is 30.3 Å². The van der Waals surface area contributed by atoms with Gasteiger partial charge in [0.25, 0.3) is 0 Å². The van der Waals surface area contributed by atoms with Gasteiger partial charge in [0, 0.05) is 6.54 Å². The molecule has 1 aromatic rings. The first-order valence-corrected chi connectivity index (χ1v) is 7.84. The lowest BCUT2D eigenvalue weighted by Gasteiger charge is -2.31. The summed E-state index contributed by atoms with van der Waals surface area (Å²) >= 11 is 0. The highest BCUT2D eigenvalue weighted by molar-refractivity contribution is 5.17. The molecule has 0 unspecified atom stereocenters. The number of likely N-dealkylation sites (tertiary alicyclic amines) is 1. The first-order chi connectivity index (χ1) is 9.42. The van der Waals surface area contributed by atoms with Crippen molar-refractivity contribution in [3.05, 3.63) is 35.9 Å². The molecule has 1 aromatic carbocycles. The molecule has 0 aliphatic carbocycles. The van der Waals surface area contributed by atoms with Crippen LogP contribution in [-0.2, 0) is 4.74 Å². The Kier molecular flexibility index (Phi) is 4.52. The second-order valence-corrected chi connectivity index (χ2v) is 5.93. The largest absolute Gasteiger partial charge is 0.370 e. The summed E-state index contributed by atoms with van der Waals surface area (Å²) in [6, 6.07) is 10.7. The molecule has 2 aliphatic heterocycles. The average molecular weight is 259 g/mol. The normalized spacial score (nSPS) is 28.6. The minimum atomic E-state index is 0.332. The van der Waals surface area contributed by atoms with Crippen LogP contribution in [0.15, 0.2) is 30.3 Å². The van der Waals surface area contributed by atoms with Gasteiger partial charge in [-0.3, -0.25) is 0 Å². The van der Waals surface area contributed by atoms with E-state index in [-0.39, 0.29) is 0 Å². The van der Waals surface area contributed by atoms with Crippen LogP contribution in [0.2, 0.25) is 0 Å². The maximum atomic E-state index is 6.31. The molecule has 19 heavy (non-hydrogen) atoms. The average Bonchev–Trinajstić information content (AvgIpc) is 3.00. The van der Waals surface area contributed by atoms with Gasteiger partial charge in [0.1, 0.15) is 0 Å². The lowest BCUT2D eigenvalue weighted by Crippen LogP contribution is -2.28. The summed E-state index contributed by atoms with van der Waals surface area (Å²) in [5.74, 6) is 0. The Morgan fingerprint density at radius 3 is 2.58 bits per heavy atom. The predicted octanol–water partition coefficient (Wildman–Crippen LogP) is 3.78. The number of hydrogen-bond donors (Lipinski definition) is 0. The van der Waals surface area contributed by atoms with Gasteiger partial charge in [-0.2, -0.15) is 0 Å². The third-order valence-electron chi connectivity index (χ3n) is 4.49. The molecule has 2 saturated heterocycles. The van der Waals surface area contributed by atoms with Gasteiger partial charge in [0.05, 0.1) is 12.2 Å². The Labute approximate surface area is 116 Å². The van der Waals surface area contributed by atoms with Crippen molar-refractivity contribution in [2.75, 3.05) is 19.6 Å². The zero-order chi connectivity index (χ0) is 12.9. The van der Waals surface area contributed by atoms with Crippen LogP contribution in [0, 0.1) is 0 Å². The van der Waals surface area contributed by atoms with Crippen molar-refractivity contribution in [2.24, 2.45) is 0 Å². The number of benzene rings is 1. The Bertz CT molecular complexity index is 372. The maximum Gasteiger partial charge on any atom is 0.0828 e. The Balaban J connectivity index is 1.50. The topological polar surface area (TPSA) is 12.5 Å². The molecule has 3 rings (SSSR count). The molecule has 2 heterocycles. The van der Waals surface area contributed by atoms with E-state index in [4.69, 9.17) is 4.74 Å². The fraction of sp³-hybridized carbons (Fsp3) is 0.647. The summed E-state index contributed by atoms with van der Waals surface area (Å²) in [5.41, 5.74) is 1.35.